The molecule has 2 aromatic rings. The number of amides is 2. The van der Waals surface area contributed by atoms with Crippen LogP contribution in [-0.2, 0) is 22.6 Å². The number of rotatable bonds is 4. The first-order valence-corrected chi connectivity index (χ1v) is 9.32. The third kappa shape index (κ3) is 4.88. The van der Waals surface area contributed by atoms with Gasteiger partial charge in [-0.25, -0.2) is 4.39 Å². The maximum absolute atomic E-state index is 13.0. The molecule has 1 heterocycles. The minimum absolute atomic E-state index is 0.0715. The van der Waals surface area contributed by atoms with Gasteiger partial charge in [-0.2, -0.15) is 0 Å². The minimum Gasteiger partial charge on any atom is -0.492 e. The molecule has 2 aromatic carbocycles. The fraction of sp³-hybridized carbons (Fsp3) is 0.364. The van der Waals surface area contributed by atoms with Crippen LogP contribution in [0.5, 0.6) is 5.75 Å². The highest BCUT2D eigenvalue weighted by Crippen LogP contribution is 2.30. The number of nitrogens with one attached hydrogen (secondary N) is 2. The van der Waals surface area contributed by atoms with E-state index in [1.54, 1.807) is 18.2 Å². The second-order valence-electron chi connectivity index (χ2n) is 8.08. The van der Waals surface area contributed by atoms with Crippen LogP contribution in [0.1, 0.15) is 31.9 Å². The van der Waals surface area contributed by atoms with Crippen LogP contribution in [0.25, 0.3) is 0 Å². The molecule has 0 bridgehead atoms. The van der Waals surface area contributed by atoms with E-state index in [-0.39, 0.29) is 23.5 Å². The van der Waals surface area contributed by atoms with Gasteiger partial charge in [-0.3, -0.25) is 9.59 Å². The highest BCUT2D eigenvalue weighted by atomic mass is 19.1. The van der Waals surface area contributed by atoms with E-state index in [1.807, 2.05) is 32.9 Å². The number of hydrogen-bond acceptors (Lipinski definition) is 3. The Kier molecular flexibility index (Phi) is 5.68. The predicted octanol–water partition coefficient (Wildman–Crippen LogP) is 3.68. The minimum atomic E-state index is -0.491. The van der Waals surface area contributed by atoms with Crippen molar-refractivity contribution in [1.82, 2.24) is 5.32 Å². The molecule has 28 heavy (non-hydrogen) atoms. The van der Waals surface area contributed by atoms with Gasteiger partial charge in [0, 0.05) is 17.6 Å². The molecule has 1 aliphatic rings. The monoisotopic (exact) mass is 384 g/mol. The topological polar surface area (TPSA) is 67.4 Å². The summed E-state index contributed by atoms with van der Waals surface area (Å²) in [7, 11) is 0. The number of carbonyl (C=O) groups excluding carboxylic acids is 2. The van der Waals surface area contributed by atoms with Crippen molar-refractivity contribution in [3.05, 3.63) is 59.4 Å². The van der Waals surface area contributed by atoms with Crippen molar-refractivity contribution in [3.8, 4) is 5.75 Å². The average molecular weight is 384 g/mol. The summed E-state index contributed by atoms with van der Waals surface area (Å²) in [6.45, 7) is 6.20. The van der Waals surface area contributed by atoms with E-state index in [1.165, 1.54) is 12.1 Å². The zero-order valence-electron chi connectivity index (χ0n) is 16.3. The van der Waals surface area contributed by atoms with Crippen molar-refractivity contribution in [2.24, 2.45) is 11.3 Å². The van der Waals surface area contributed by atoms with Crippen molar-refractivity contribution >= 4 is 17.5 Å². The first kappa shape index (κ1) is 19.9. The summed E-state index contributed by atoms with van der Waals surface area (Å²) in [6.07, 6.45) is 0.532. The van der Waals surface area contributed by atoms with Crippen molar-refractivity contribution < 1.29 is 18.7 Å². The van der Waals surface area contributed by atoms with Crippen LogP contribution >= 0.6 is 0 Å². The summed E-state index contributed by atoms with van der Waals surface area (Å²) in [6, 6.07) is 11.5. The van der Waals surface area contributed by atoms with E-state index in [0.717, 1.165) is 16.9 Å². The zero-order chi connectivity index (χ0) is 20.3. The SMILES string of the molecule is CC(C)(C)C(=O)Nc1ccc2c(c1)C[C@@H](C(=O)NCc1ccc(F)cc1)CO2. The fourth-order valence-electron chi connectivity index (χ4n) is 2.90. The molecule has 0 saturated heterocycles. The molecule has 0 aliphatic carbocycles. The first-order valence-electron chi connectivity index (χ1n) is 9.32. The van der Waals surface area contributed by atoms with E-state index in [4.69, 9.17) is 4.74 Å². The third-order valence-electron chi connectivity index (χ3n) is 4.66. The van der Waals surface area contributed by atoms with Crippen LogP contribution in [0, 0.1) is 17.2 Å². The third-order valence-corrected chi connectivity index (χ3v) is 4.66. The Balaban J connectivity index is 1.62. The number of fused-ring (bicyclic) bond motifs is 1. The molecule has 0 saturated carbocycles. The molecule has 0 aromatic heterocycles. The van der Waals surface area contributed by atoms with Crippen LogP contribution in [0.3, 0.4) is 0 Å². The first-order chi connectivity index (χ1) is 13.2. The summed E-state index contributed by atoms with van der Waals surface area (Å²) < 4.78 is 18.7. The lowest BCUT2D eigenvalue weighted by molar-refractivity contribution is -0.126. The van der Waals surface area contributed by atoms with Crippen molar-refractivity contribution in [2.75, 3.05) is 11.9 Å². The van der Waals surface area contributed by atoms with Gasteiger partial charge in [-0.05, 0) is 47.9 Å². The predicted molar refractivity (Wildman–Crippen MR) is 105 cm³/mol. The van der Waals surface area contributed by atoms with Gasteiger partial charge in [-0.15, -0.1) is 0 Å². The lowest BCUT2D eigenvalue weighted by atomic mass is 9.94. The standard InChI is InChI=1S/C22H25FN2O3/c1-22(2,3)21(27)25-18-8-9-19-15(11-18)10-16(13-28-19)20(26)24-12-14-4-6-17(23)7-5-14/h4-9,11,16H,10,12-13H2,1-3H3,(H,24,26)(H,25,27)/t16-/m1/s1. The van der Waals surface area contributed by atoms with Crippen LogP contribution in [-0.4, -0.2) is 18.4 Å². The van der Waals surface area contributed by atoms with E-state index in [9.17, 15) is 14.0 Å². The smallest absolute Gasteiger partial charge is 0.229 e. The lowest BCUT2D eigenvalue weighted by Gasteiger charge is -2.25. The molecule has 0 unspecified atom stereocenters. The maximum Gasteiger partial charge on any atom is 0.229 e. The van der Waals surface area contributed by atoms with Gasteiger partial charge in [0.05, 0.1) is 5.92 Å². The average Bonchev–Trinajstić information content (AvgIpc) is 2.66. The van der Waals surface area contributed by atoms with E-state index in [0.29, 0.717) is 25.3 Å². The maximum atomic E-state index is 13.0. The van der Waals surface area contributed by atoms with Crippen molar-refractivity contribution in [3.63, 3.8) is 0 Å². The molecule has 1 atom stereocenters. The molecule has 5 nitrogen and oxygen atoms in total. The molecule has 1 aliphatic heterocycles. The molecule has 3 rings (SSSR count). The molecule has 2 N–H and O–H groups in total. The molecular weight excluding hydrogens is 359 g/mol. The van der Waals surface area contributed by atoms with Crippen molar-refractivity contribution in [2.45, 2.75) is 33.7 Å². The number of anilines is 1. The Hall–Kier alpha value is -2.89. The van der Waals surface area contributed by atoms with Crippen LogP contribution in [0.15, 0.2) is 42.5 Å². The lowest BCUT2D eigenvalue weighted by Crippen LogP contribution is -2.37. The van der Waals surface area contributed by atoms with Gasteiger partial charge in [0.15, 0.2) is 0 Å². The number of ether oxygens (including phenoxy) is 1. The Morgan fingerprint density at radius 1 is 1.14 bits per heavy atom. The van der Waals surface area contributed by atoms with Gasteiger partial charge >= 0.3 is 0 Å². The van der Waals surface area contributed by atoms with Gasteiger partial charge in [-0.1, -0.05) is 32.9 Å². The Labute approximate surface area is 164 Å². The fourth-order valence-corrected chi connectivity index (χ4v) is 2.90. The van der Waals surface area contributed by atoms with Crippen LogP contribution in [0.4, 0.5) is 10.1 Å². The Morgan fingerprint density at radius 2 is 1.86 bits per heavy atom. The van der Waals surface area contributed by atoms with Gasteiger partial charge in [0.2, 0.25) is 11.8 Å². The highest BCUT2D eigenvalue weighted by Gasteiger charge is 2.27. The van der Waals surface area contributed by atoms with Gasteiger partial charge < -0.3 is 15.4 Å². The summed E-state index contributed by atoms with van der Waals surface area (Å²) in [5, 5.41) is 5.78. The summed E-state index contributed by atoms with van der Waals surface area (Å²) in [5.41, 5.74) is 1.92. The normalized spacial score (nSPS) is 15.9. The molecule has 0 spiro atoms. The highest BCUT2D eigenvalue weighted by molar-refractivity contribution is 5.94. The molecule has 2 amide bonds. The zero-order valence-corrected chi connectivity index (χ0v) is 16.3. The van der Waals surface area contributed by atoms with Gasteiger partial charge in [0.1, 0.15) is 18.2 Å². The second-order valence-corrected chi connectivity index (χ2v) is 8.08. The van der Waals surface area contributed by atoms with Gasteiger partial charge in [0.25, 0.3) is 0 Å². The van der Waals surface area contributed by atoms with E-state index >= 15 is 0 Å². The molecule has 148 valence electrons. The van der Waals surface area contributed by atoms with E-state index in [2.05, 4.69) is 10.6 Å². The summed E-state index contributed by atoms with van der Waals surface area (Å²) in [5.74, 6) is -0.0727. The largest absolute Gasteiger partial charge is 0.492 e. The quantitative estimate of drug-likeness (QED) is 0.845. The Bertz CT molecular complexity index is 872. The summed E-state index contributed by atoms with van der Waals surface area (Å²) >= 11 is 0. The molecule has 6 heteroatoms. The Morgan fingerprint density at radius 3 is 2.54 bits per heavy atom. The van der Waals surface area contributed by atoms with Crippen LogP contribution in [0.2, 0.25) is 0 Å². The van der Waals surface area contributed by atoms with Crippen LogP contribution < -0.4 is 15.4 Å². The number of carbonyl (C=O) groups is 2. The second kappa shape index (κ2) is 8.00. The van der Waals surface area contributed by atoms with Crippen molar-refractivity contribution in [1.29, 1.82) is 0 Å². The molecular formula is C22H25FN2O3. The number of benzene rings is 2. The molecule has 0 radical (unpaired) electrons. The summed E-state index contributed by atoms with van der Waals surface area (Å²) in [4.78, 5) is 24.7. The molecule has 0 fully saturated rings. The number of halogens is 1. The number of hydrogen-bond donors (Lipinski definition) is 2. The van der Waals surface area contributed by atoms with E-state index < -0.39 is 5.41 Å².